The topological polar surface area (TPSA) is 79.3 Å². The lowest BCUT2D eigenvalue weighted by Gasteiger charge is -2.07. The molecule has 5 nitrogen and oxygen atoms in total. The maximum Gasteiger partial charge on any atom is 0.325 e. The van der Waals surface area contributed by atoms with E-state index < -0.39 is 12.0 Å². The Kier molecular flexibility index (Phi) is 4.70. The molecule has 0 aliphatic rings. The largest absolute Gasteiger partial charge is 0.480 e. The second-order valence-electron chi connectivity index (χ2n) is 4.81. The second-order valence-corrected chi connectivity index (χ2v) is 5.67. The Balaban J connectivity index is 2.01. The molecular weight excluding hydrogens is 288 g/mol. The number of aryl methyl sites for hydroxylation is 1. The molecule has 0 spiro atoms. The highest BCUT2D eigenvalue weighted by Crippen LogP contribution is 2.24. The third-order valence-corrected chi connectivity index (χ3v) is 3.88. The lowest BCUT2D eigenvalue weighted by Crippen LogP contribution is -2.39. The monoisotopic (exact) mass is 304 g/mol. The van der Waals surface area contributed by atoms with Gasteiger partial charge in [0.15, 0.2) is 0 Å². The first-order chi connectivity index (χ1) is 9.95. The molecule has 0 aliphatic heterocycles. The number of nitrogens with zero attached hydrogens (tertiary/aromatic N) is 1. The number of aliphatic carboxylic acids is 1. The van der Waals surface area contributed by atoms with E-state index in [1.165, 1.54) is 23.8 Å². The Hall–Kier alpha value is -2.21. The van der Waals surface area contributed by atoms with Crippen LogP contribution in [-0.2, 0) is 16.0 Å². The number of amides is 1. The van der Waals surface area contributed by atoms with Crippen LogP contribution >= 0.6 is 11.3 Å². The minimum atomic E-state index is -1.05. The molecule has 2 aromatic rings. The Morgan fingerprint density at radius 1 is 1.33 bits per heavy atom. The van der Waals surface area contributed by atoms with Crippen molar-refractivity contribution in [3.8, 4) is 10.6 Å². The maximum absolute atomic E-state index is 11.7. The Labute approximate surface area is 126 Å². The van der Waals surface area contributed by atoms with Gasteiger partial charge in [-0.2, -0.15) is 0 Å². The van der Waals surface area contributed by atoms with Gasteiger partial charge in [-0.25, -0.2) is 4.98 Å². The molecule has 0 fully saturated rings. The van der Waals surface area contributed by atoms with Crippen molar-refractivity contribution in [2.75, 3.05) is 0 Å². The van der Waals surface area contributed by atoms with Crippen LogP contribution in [0.25, 0.3) is 10.6 Å². The van der Waals surface area contributed by atoms with Gasteiger partial charge in [0, 0.05) is 10.9 Å². The van der Waals surface area contributed by atoms with Crippen molar-refractivity contribution in [3.05, 3.63) is 40.9 Å². The molecule has 0 aliphatic carbocycles. The van der Waals surface area contributed by atoms with Gasteiger partial charge in [0.05, 0.1) is 12.1 Å². The molecule has 0 unspecified atom stereocenters. The normalized spacial score (nSPS) is 11.9. The summed E-state index contributed by atoms with van der Waals surface area (Å²) in [4.78, 5) is 26.8. The smallest absolute Gasteiger partial charge is 0.325 e. The van der Waals surface area contributed by atoms with E-state index >= 15 is 0 Å². The highest BCUT2D eigenvalue weighted by molar-refractivity contribution is 7.13. The molecule has 110 valence electrons. The number of nitrogens with one attached hydrogen (secondary N) is 1. The van der Waals surface area contributed by atoms with Crippen molar-refractivity contribution in [1.82, 2.24) is 10.3 Å². The van der Waals surface area contributed by atoms with Gasteiger partial charge in [-0.15, -0.1) is 11.3 Å². The molecule has 1 heterocycles. The predicted molar refractivity (Wildman–Crippen MR) is 81.2 cm³/mol. The van der Waals surface area contributed by atoms with Crippen LogP contribution in [-0.4, -0.2) is 28.0 Å². The van der Waals surface area contributed by atoms with E-state index in [4.69, 9.17) is 5.11 Å². The fourth-order valence-corrected chi connectivity index (χ4v) is 2.56. The van der Waals surface area contributed by atoms with Gasteiger partial charge in [-0.3, -0.25) is 9.59 Å². The summed E-state index contributed by atoms with van der Waals surface area (Å²) < 4.78 is 0. The van der Waals surface area contributed by atoms with Crippen LogP contribution in [0.15, 0.2) is 29.6 Å². The van der Waals surface area contributed by atoms with Crippen LogP contribution < -0.4 is 5.32 Å². The highest BCUT2D eigenvalue weighted by atomic mass is 32.1. The zero-order valence-corrected chi connectivity index (χ0v) is 12.6. The molecule has 0 radical (unpaired) electrons. The van der Waals surface area contributed by atoms with Gasteiger partial charge >= 0.3 is 5.97 Å². The minimum Gasteiger partial charge on any atom is -0.480 e. The second kappa shape index (κ2) is 6.49. The molecule has 1 atom stereocenters. The van der Waals surface area contributed by atoms with Crippen LogP contribution in [0, 0.1) is 6.92 Å². The van der Waals surface area contributed by atoms with Crippen LogP contribution in [0.3, 0.4) is 0 Å². The number of rotatable bonds is 5. The molecule has 0 bridgehead atoms. The Morgan fingerprint density at radius 3 is 2.62 bits per heavy atom. The third-order valence-electron chi connectivity index (χ3n) is 2.94. The number of carbonyl (C=O) groups excluding carboxylic acids is 1. The summed E-state index contributed by atoms with van der Waals surface area (Å²) in [6.45, 7) is 3.45. The van der Waals surface area contributed by atoms with Crippen LogP contribution in [0.4, 0.5) is 0 Å². The van der Waals surface area contributed by atoms with Crippen molar-refractivity contribution in [2.45, 2.75) is 26.3 Å². The summed E-state index contributed by atoms with van der Waals surface area (Å²) in [6.07, 6.45) is 0.0833. The number of thiazole rings is 1. The van der Waals surface area contributed by atoms with Crippen molar-refractivity contribution < 1.29 is 14.7 Å². The number of aromatic nitrogens is 1. The quantitative estimate of drug-likeness (QED) is 0.888. The summed E-state index contributed by atoms with van der Waals surface area (Å²) >= 11 is 1.47. The number of hydrogen-bond donors (Lipinski definition) is 2. The molecule has 0 saturated carbocycles. The fourth-order valence-electron chi connectivity index (χ4n) is 1.74. The average Bonchev–Trinajstić information content (AvgIpc) is 2.87. The van der Waals surface area contributed by atoms with Crippen molar-refractivity contribution in [2.24, 2.45) is 0 Å². The first-order valence-corrected chi connectivity index (χ1v) is 7.37. The lowest BCUT2D eigenvalue weighted by atomic mass is 10.2. The zero-order chi connectivity index (χ0) is 15.4. The van der Waals surface area contributed by atoms with E-state index in [1.54, 1.807) is 0 Å². The van der Waals surface area contributed by atoms with Crippen molar-refractivity contribution in [1.29, 1.82) is 0 Å². The van der Waals surface area contributed by atoms with Gasteiger partial charge < -0.3 is 10.4 Å². The summed E-state index contributed by atoms with van der Waals surface area (Å²) in [7, 11) is 0. The molecule has 1 aromatic carbocycles. The number of carboxylic acids is 1. The zero-order valence-electron chi connectivity index (χ0n) is 11.8. The van der Waals surface area contributed by atoms with Gasteiger partial charge in [0.1, 0.15) is 11.0 Å². The molecule has 1 aromatic heterocycles. The average molecular weight is 304 g/mol. The number of carbonyl (C=O) groups is 2. The summed E-state index contributed by atoms with van der Waals surface area (Å²) in [6, 6.07) is 7.11. The fraction of sp³-hybridized carbons (Fsp3) is 0.267. The number of hydrogen-bond acceptors (Lipinski definition) is 4. The third kappa shape index (κ3) is 4.13. The van der Waals surface area contributed by atoms with Crippen LogP contribution in [0.1, 0.15) is 18.2 Å². The summed E-state index contributed by atoms with van der Waals surface area (Å²) in [5.41, 5.74) is 2.83. The van der Waals surface area contributed by atoms with E-state index in [9.17, 15) is 9.59 Å². The Bertz CT molecular complexity index is 649. The first kappa shape index (κ1) is 15.2. The highest BCUT2D eigenvalue weighted by Gasteiger charge is 2.15. The Morgan fingerprint density at radius 2 is 2.00 bits per heavy atom. The van der Waals surface area contributed by atoms with Crippen molar-refractivity contribution in [3.63, 3.8) is 0 Å². The standard InChI is InChI=1S/C15H16N2O3S/c1-9-3-5-11(6-4-9)14-17-12(8-21-14)7-13(18)16-10(2)15(19)20/h3-6,8,10H,7H2,1-2H3,(H,16,18)(H,19,20)/t10-/m0/s1. The molecule has 2 rings (SSSR count). The van der Waals surface area contributed by atoms with E-state index in [-0.39, 0.29) is 12.3 Å². The van der Waals surface area contributed by atoms with Gasteiger partial charge in [-0.1, -0.05) is 29.8 Å². The first-order valence-electron chi connectivity index (χ1n) is 6.49. The van der Waals surface area contributed by atoms with Crippen LogP contribution in [0.2, 0.25) is 0 Å². The molecule has 2 N–H and O–H groups in total. The van der Waals surface area contributed by atoms with Gasteiger partial charge in [-0.05, 0) is 13.8 Å². The summed E-state index contributed by atoms with van der Waals surface area (Å²) in [5, 5.41) is 13.8. The summed E-state index contributed by atoms with van der Waals surface area (Å²) in [5.74, 6) is -1.40. The van der Waals surface area contributed by atoms with Gasteiger partial charge in [0.25, 0.3) is 0 Å². The van der Waals surface area contributed by atoms with E-state index in [2.05, 4.69) is 10.3 Å². The molecule has 1 amide bonds. The van der Waals surface area contributed by atoms with E-state index in [0.29, 0.717) is 5.69 Å². The van der Waals surface area contributed by atoms with Crippen LogP contribution in [0.5, 0.6) is 0 Å². The SMILES string of the molecule is Cc1ccc(-c2nc(CC(=O)N[C@@H](C)C(=O)O)cs2)cc1. The predicted octanol–water partition coefficient (Wildman–Crippen LogP) is 2.25. The molecule has 0 saturated heterocycles. The van der Waals surface area contributed by atoms with E-state index in [0.717, 1.165) is 10.6 Å². The molecule has 21 heavy (non-hydrogen) atoms. The number of benzene rings is 1. The number of carboxylic acid groups (broad SMARTS) is 1. The van der Waals surface area contributed by atoms with Gasteiger partial charge in [0.2, 0.25) is 5.91 Å². The van der Waals surface area contributed by atoms with E-state index in [1.807, 2.05) is 36.6 Å². The molecular formula is C15H16N2O3S. The molecule has 6 heteroatoms. The maximum atomic E-state index is 11.7. The van der Waals surface area contributed by atoms with Crippen molar-refractivity contribution >= 4 is 23.2 Å². The lowest BCUT2D eigenvalue weighted by molar-refractivity contribution is -0.141. The minimum absolute atomic E-state index is 0.0833.